The lowest BCUT2D eigenvalue weighted by atomic mass is 9.94. The van der Waals surface area contributed by atoms with Gasteiger partial charge in [0.2, 0.25) is 21.8 Å². The highest BCUT2D eigenvalue weighted by molar-refractivity contribution is 9.10. The SMILES string of the molecule is CS(=O)(=O)N(CC(=O)N(Cc1cccc(Br)c1)C(Cc1ccccc1)C(=O)NC1CCCCC1)c1ccc(OCc2ccccc2)cc1. The molecular weight excluding hydrogens is 690 g/mol. The average Bonchev–Trinajstić information content (AvgIpc) is 3.09. The van der Waals surface area contributed by atoms with Crippen LogP contribution in [0.25, 0.3) is 0 Å². The first-order chi connectivity index (χ1) is 23.2. The first kappa shape index (κ1) is 35.2. The third-order valence-corrected chi connectivity index (χ3v) is 10.2. The van der Waals surface area contributed by atoms with Gasteiger partial charge in [-0.25, -0.2) is 8.42 Å². The number of rotatable bonds is 14. The van der Waals surface area contributed by atoms with Crippen LogP contribution in [0, 0.1) is 0 Å². The van der Waals surface area contributed by atoms with Crippen molar-refractivity contribution in [2.24, 2.45) is 0 Å². The molecule has 0 radical (unpaired) electrons. The van der Waals surface area contributed by atoms with Crippen LogP contribution in [0.2, 0.25) is 0 Å². The number of amides is 2. The van der Waals surface area contributed by atoms with E-state index in [9.17, 15) is 18.0 Å². The predicted octanol–water partition coefficient (Wildman–Crippen LogP) is 6.88. The lowest BCUT2D eigenvalue weighted by Gasteiger charge is -2.35. The molecular formula is C38H42BrN3O5S. The third kappa shape index (κ3) is 10.2. The number of hydrogen-bond acceptors (Lipinski definition) is 5. The average molecular weight is 733 g/mol. The van der Waals surface area contributed by atoms with E-state index in [1.54, 1.807) is 24.3 Å². The topological polar surface area (TPSA) is 96.0 Å². The third-order valence-electron chi connectivity index (χ3n) is 8.52. The highest BCUT2D eigenvalue weighted by Crippen LogP contribution is 2.25. The molecule has 1 N–H and O–H groups in total. The molecule has 8 nitrogen and oxygen atoms in total. The number of anilines is 1. The van der Waals surface area contributed by atoms with Gasteiger partial charge in [0, 0.05) is 23.5 Å². The van der Waals surface area contributed by atoms with Crippen LogP contribution < -0.4 is 14.4 Å². The summed E-state index contributed by atoms with van der Waals surface area (Å²) in [6.07, 6.45) is 6.41. The summed E-state index contributed by atoms with van der Waals surface area (Å²) in [6, 6.07) is 32.7. The second-order valence-corrected chi connectivity index (χ2v) is 15.1. The van der Waals surface area contributed by atoms with E-state index in [2.05, 4.69) is 21.2 Å². The molecule has 1 fully saturated rings. The number of nitrogens with one attached hydrogen (secondary N) is 1. The van der Waals surface area contributed by atoms with Gasteiger partial charge in [-0.3, -0.25) is 13.9 Å². The fourth-order valence-electron chi connectivity index (χ4n) is 5.99. The van der Waals surface area contributed by atoms with Crippen molar-refractivity contribution in [3.63, 3.8) is 0 Å². The lowest BCUT2D eigenvalue weighted by Crippen LogP contribution is -2.55. The molecule has 2 amide bonds. The van der Waals surface area contributed by atoms with Crippen molar-refractivity contribution in [3.8, 4) is 5.75 Å². The predicted molar refractivity (Wildman–Crippen MR) is 193 cm³/mol. The van der Waals surface area contributed by atoms with Gasteiger partial charge in [-0.15, -0.1) is 0 Å². The molecule has 48 heavy (non-hydrogen) atoms. The van der Waals surface area contributed by atoms with Crippen molar-refractivity contribution in [2.75, 3.05) is 17.1 Å². The summed E-state index contributed by atoms with van der Waals surface area (Å²) < 4.78 is 34.2. The summed E-state index contributed by atoms with van der Waals surface area (Å²) in [5.41, 5.74) is 3.05. The van der Waals surface area contributed by atoms with E-state index in [1.165, 1.54) is 4.90 Å². The molecule has 10 heteroatoms. The molecule has 1 atom stereocenters. The van der Waals surface area contributed by atoms with Gasteiger partial charge in [-0.2, -0.15) is 0 Å². The van der Waals surface area contributed by atoms with Crippen LogP contribution in [-0.2, 0) is 39.2 Å². The van der Waals surface area contributed by atoms with Gasteiger partial charge in [0.1, 0.15) is 24.9 Å². The number of benzene rings is 4. The molecule has 0 aromatic heterocycles. The molecule has 4 aromatic carbocycles. The van der Waals surface area contributed by atoms with Crippen LogP contribution in [0.4, 0.5) is 5.69 Å². The molecule has 1 unspecified atom stereocenters. The smallest absolute Gasteiger partial charge is 0.244 e. The van der Waals surface area contributed by atoms with Crippen LogP contribution in [0.5, 0.6) is 5.75 Å². The Morgan fingerprint density at radius 2 is 1.46 bits per heavy atom. The number of ether oxygens (including phenoxy) is 1. The van der Waals surface area contributed by atoms with Crippen molar-refractivity contribution in [2.45, 2.75) is 63.8 Å². The van der Waals surface area contributed by atoms with Crippen LogP contribution >= 0.6 is 15.9 Å². The second-order valence-electron chi connectivity index (χ2n) is 12.2. The molecule has 1 saturated carbocycles. The summed E-state index contributed by atoms with van der Waals surface area (Å²) in [5.74, 6) is -0.148. The first-order valence-electron chi connectivity index (χ1n) is 16.3. The van der Waals surface area contributed by atoms with Crippen molar-refractivity contribution in [3.05, 3.63) is 130 Å². The molecule has 252 valence electrons. The molecule has 0 saturated heterocycles. The van der Waals surface area contributed by atoms with Crippen LogP contribution in [-0.4, -0.2) is 50.0 Å². The zero-order chi connectivity index (χ0) is 33.9. The van der Waals surface area contributed by atoms with Gasteiger partial charge in [0.05, 0.1) is 11.9 Å². The zero-order valence-electron chi connectivity index (χ0n) is 27.1. The van der Waals surface area contributed by atoms with Gasteiger partial charge in [0.15, 0.2) is 0 Å². The van der Waals surface area contributed by atoms with Crippen molar-refractivity contribution in [1.29, 1.82) is 0 Å². The maximum absolute atomic E-state index is 14.4. The Balaban J connectivity index is 1.43. The maximum atomic E-state index is 14.4. The number of hydrogen-bond donors (Lipinski definition) is 1. The summed E-state index contributed by atoms with van der Waals surface area (Å²) in [4.78, 5) is 30.1. The van der Waals surface area contributed by atoms with Gasteiger partial charge in [-0.1, -0.05) is 108 Å². The van der Waals surface area contributed by atoms with Crippen molar-refractivity contribution >= 4 is 43.5 Å². The Labute approximate surface area is 292 Å². The fraction of sp³-hybridized carbons (Fsp3) is 0.316. The second kappa shape index (κ2) is 16.8. The van der Waals surface area contributed by atoms with E-state index < -0.39 is 28.5 Å². The number of carbonyl (C=O) groups excluding carboxylic acids is 2. The summed E-state index contributed by atoms with van der Waals surface area (Å²) in [6.45, 7) is 0.0154. The van der Waals surface area contributed by atoms with Crippen LogP contribution in [0.1, 0.15) is 48.8 Å². The minimum atomic E-state index is -3.88. The van der Waals surface area contributed by atoms with E-state index >= 15 is 0 Å². The van der Waals surface area contributed by atoms with Gasteiger partial charge in [-0.05, 0) is 65.9 Å². The summed E-state index contributed by atoms with van der Waals surface area (Å²) in [5, 5.41) is 3.23. The molecule has 0 aliphatic heterocycles. The minimum absolute atomic E-state index is 0.0440. The van der Waals surface area contributed by atoms with Gasteiger partial charge >= 0.3 is 0 Å². The largest absolute Gasteiger partial charge is 0.489 e. The highest BCUT2D eigenvalue weighted by atomic mass is 79.9. The van der Waals surface area contributed by atoms with Crippen LogP contribution in [0.3, 0.4) is 0 Å². The number of carbonyl (C=O) groups is 2. The minimum Gasteiger partial charge on any atom is -0.489 e. The Bertz CT molecular complexity index is 1750. The number of halogens is 1. The molecule has 0 bridgehead atoms. The molecule has 4 aromatic rings. The summed E-state index contributed by atoms with van der Waals surface area (Å²) in [7, 11) is -3.88. The van der Waals surface area contributed by atoms with Gasteiger partial charge in [0.25, 0.3) is 0 Å². The Morgan fingerprint density at radius 3 is 2.08 bits per heavy atom. The molecule has 0 heterocycles. The van der Waals surface area contributed by atoms with E-state index in [0.29, 0.717) is 18.0 Å². The quantitative estimate of drug-likeness (QED) is 0.153. The van der Waals surface area contributed by atoms with E-state index in [0.717, 1.165) is 63.8 Å². The Kier molecular flexibility index (Phi) is 12.3. The van der Waals surface area contributed by atoms with Crippen molar-refractivity contribution < 1.29 is 22.7 Å². The fourth-order valence-corrected chi connectivity index (χ4v) is 7.29. The Hall–Kier alpha value is -4.15. The molecule has 5 rings (SSSR count). The monoisotopic (exact) mass is 731 g/mol. The highest BCUT2D eigenvalue weighted by Gasteiger charge is 2.34. The number of nitrogens with zero attached hydrogens (tertiary/aromatic N) is 2. The van der Waals surface area contributed by atoms with Crippen molar-refractivity contribution in [1.82, 2.24) is 10.2 Å². The number of sulfonamides is 1. The molecule has 1 aliphatic carbocycles. The first-order valence-corrected chi connectivity index (χ1v) is 18.9. The Morgan fingerprint density at radius 1 is 0.833 bits per heavy atom. The van der Waals surface area contributed by atoms with E-state index in [4.69, 9.17) is 4.74 Å². The standard InChI is InChI=1S/C38H42BrN3O5S/c1-48(45,46)42(34-20-22-35(23-21-34)47-28-30-14-7-3-8-15-30)27-37(43)41(26-31-16-11-17-32(39)24-31)36(25-29-12-5-2-6-13-29)38(44)40-33-18-9-4-10-19-33/h2-3,5-8,11-17,20-24,33,36H,4,9-10,18-19,25-28H2,1H3,(H,40,44). The van der Waals surface area contributed by atoms with E-state index in [-0.39, 0.29) is 24.9 Å². The molecule has 0 spiro atoms. The maximum Gasteiger partial charge on any atom is 0.244 e. The van der Waals surface area contributed by atoms with Crippen LogP contribution in [0.15, 0.2) is 114 Å². The lowest BCUT2D eigenvalue weighted by molar-refractivity contribution is -0.140. The summed E-state index contributed by atoms with van der Waals surface area (Å²) >= 11 is 3.52. The zero-order valence-corrected chi connectivity index (χ0v) is 29.5. The van der Waals surface area contributed by atoms with Gasteiger partial charge < -0.3 is 15.0 Å². The normalized spacial score (nSPS) is 14.1. The van der Waals surface area contributed by atoms with E-state index in [1.807, 2.05) is 84.9 Å². The molecule has 1 aliphatic rings.